The number of hydrogen-bond acceptors (Lipinski definition) is 3. The zero-order valence-electron chi connectivity index (χ0n) is 13.4. The molecule has 3 heteroatoms. The van der Waals surface area contributed by atoms with Crippen LogP contribution in [0.15, 0.2) is 18.2 Å². The molecule has 0 aliphatic heterocycles. The molecule has 1 aromatic carbocycles. The smallest absolute Gasteiger partial charge is 0.144 e. The van der Waals surface area contributed by atoms with E-state index in [-0.39, 0.29) is 0 Å². The molecule has 1 fully saturated rings. The Hall–Kier alpha value is -1.38. The van der Waals surface area contributed by atoms with Gasteiger partial charge in [-0.25, -0.2) is 0 Å². The molecule has 0 atom stereocenters. The fraction of sp³-hybridized carbons (Fsp3) is 0.647. The fourth-order valence-electron chi connectivity index (χ4n) is 3.04. The van der Waals surface area contributed by atoms with Crippen LogP contribution >= 0.6 is 0 Å². The third-order valence-corrected chi connectivity index (χ3v) is 5.31. The van der Waals surface area contributed by atoms with Gasteiger partial charge in [0.2, 0.25) is 0 Å². The van der Waals surface area contributed by atoms with Gasteiger partial charge in [-0.3, -0.25) is 0 Å². The van der Waals surface area contributed by atoms with E-state index < -0.39 is 0 Å². The van der Waals surface area contributed by atoms with E-state index in [2.05, 4.69) is 39.9 Å². The Labute approximate surface area is 122 Å². The molecule has 2 rings (SSSR count). The number of benzene rings is 1. The number of ether oxygens (including phenoxy) is 1. The van der Waals surface area contributed by atoms with Gasteiger partial charge in [0.25, 0.3) is 0 Å². The molecule has 0 saturated heterocycles. The van der Waals surface area contributed by atoms with E-state index in [1.165, 1.54) is 0 Å². The lowest BCUT2D eigenvalue weighted by Crippen LogP contribution is -2.08. The second kappa shape index (κ2) is 5.19. The van der Waals surface area contributed by atoms with Crippen LogP contribution in [0.2, 0.25) is 0 Å². The number of nitrogens with one attached hydrogen (secondary N) is 1. The topological polar surface area (TPSA) is 47.3 Å². The lowest BCUT2D eigenvalue weighted by Gasteiger charge is -2.12. The first-order valence-corrected chi connectivity index (χ1v) is 7.57. The van der Waals surface area contributed by atoms with Crippen molar-refractivity contribution in [1.29, 1.82) is 0 Å². The first-order valence-electron chi connectivity index (χ1n) is 7.57. The van der Waals surface area contributed by atoms with Gasteiger partial charge in [0.15, 0.2) is 0 Å². The van der Waals surface area contributed by atoms with Crippen molar-refractivity contribution in [2.45, 2.75) is 41.0 Å². The zero-order chi connectivity index (χ0) is 15.0. The minimum absolute atomic E-state index is 0.412. The van der Waals surface area contributed by atoms with E-state index in [1.807, 2.05) is 18.2 Å². The van der Waals surface area contributed by atoms with E-state index in [1.54, 1.807) is 0 Å². The molecule has 1 aromatic rings. The summed E-state index contributed by atoms with van der Waals surface area (Å²) in [5.41, 5.74) is 8.55. The minimum atomic E-state index is 0.412. The van der Waals surface area contributed by atoms with E-state index in [9.17, 15) is 0 Å². The average Bonchev–Trinajstić information content (AvgIpc) is 2.77. The number of nitrogens with two attached hydrogens (primary N) is 1. The summed E-state index contributed by atoms with van der Waals surface area (Å²) >= 11 is 0. The fourth-order valence-corrected chi connectivity index (χ4v) is 3.04. The van der Waals surface area contributed by atoms with Crippen molar-refractivity contribution in [1.82, 2.24) is 0 Å². The molecule has 3 N–H and O–H groups in total. The van der Waals surface area contributed by atoms with Crippen molar-refractivity contribution in [2.24, 2.45) is 16.7 Å². The average molecular weight is 276 g/mol. The highest BCUT2D eigenvalue weighted by Gasteiger charge is 2.63. The summed E-state index contributed by atoms with van der Waals surface area (Å²) in [6, 6.07) is 5.94. The molecule has 0 aromatic heterocycles. The van der Waals surface area contributed by atoms with Gasteiger partial charge in [-0.2, -0.15) is 0 Å². The second-order valence-corrected chi connectivity index (χ2v) is 6.98. The van der Waals surface area contributed by atoms with Gasteiger partial charge >= 0.3 is 0 Å². The van der Waals surface area contributed by atoms with Crippen LogP contribution in [0.1, 0.15) is 41.0 Å². The van der Waals surface area contributed by atoms with Crippen molar-refractivity contribution < 1.29 is 4.74 Å². The van der Waals surface area contributed by atoms with Gasteiger partial charge in [-0.1, -0.05) is 34.6 Å². The maximum Gasteiger partial charge on any atom is 0.144 e. The minimum Gasteiger partial charge on any atom is -0.491 e. The molecule has 1 saturated carbocycles. The second-order valence-electron chi connectivity index (χ2n) is 6.98. The van der Waals surface area contributed by atoms with Crippen LogP contribution in [-0.4, -0.2) is 13.2 Å². The van der Waals surface area contributed by atoms with Crippen molar-refractivity contribution in [2.75, 3.05) is 24.2 Å². The predicted molar refractivity (Wildman–Crippen MR) is 86.2 cm³/mol. The van der Waals surface area contributed by atoms with Crippen LogP contribution in [0.5, 0.6) is 5.75 Å². The Kier molecular flexibility index (Phi) is 3.90. The molecule has 3 nitrogen and oxygen atoms in total. The largest absolute Gasteiger partial charge is 0.491 e. The van der Waals surface area contributed by atoms with Gasteiger partial charge in [0.1, 0.15) is 5.75 Å². The van der Waals surface area contributed by atoms with Crippen LogP contribution in [0, 0.1) is 16.7 Å². The summed E-state index contributed by atoms with van der Waals surface area (Å²) < 4.78 is 5.67. The molecule has 0 radical (unpaired) electrons. The molecule has 0 amide bonds. The molecule has 1 aliphatic rings. The molecule has 20 heavy (non-hydrogen) atoms. The molecule has 0 unspecified atom stereocenters. The van der Waals surface area contributed by atoms with Gasteiger partial charge in [-0.05, 0) is 35.3 Å². The van der Waals surface area contributed by atoms with Gasteiger partial charge in [0, 0.05) is 18.3 Å². The normalized spacial score (nSPS) is 19.6. The summed E-state index contributed by atoms with van der Waals surface area (Å²) in [6.07, 6.45) is 0.988. The summed E-state index contributed by atoms with van der Waals surface area (Å²) in [7, 11) is 0. The van der Waals surface area contributed by atoms with Gasteiger partial charge < -0.3 is 15.8 Å². The van der Waals surface area contributed by atoms with Crippen LogP contribution in [0.3, 0.4) is 0 Å². The van der Waals surface area contributed by atoms with Crippen LogP contribution in [0.25, 0.3) is 0 Å². The predicted octanol–water partition coefficient (Wildman–Crippen LogP) is 4.15. The summed E-state index contributed by atoms with van der Waals surface area (Å²) in [5, 5.41) is 3.53. The monoisotopic (exact) mass is 276 g/mol. The quantitative estimate of drug-likeness (QED) is 0.767. The van der Waals surface area contributed by atoms with E-state index in [0.29, 0.717) is 29.0 Å². The first kappa shape index (κ1) is 15.0. The Balaban J connectivity index is 1.97. The molecule has 0 bridgehead atoms. The Morgan fingerprint density at radius 3 is 2.40 bits per heavy atom. The number of rotatable bonds is 6. The van der Waals surface area contributed by atoms with Gasteiger partial charge in [0.05, 0.1) is 12.3 Å². The van der Waals surface area contributed by atoms with Crippen molar-refractivity contribution in [3.63, 3.8) is 0 Å². The lowest BCUT2D eigenvalue weighted by atomic mass is 10.0. The van der Waals surface area contributed by atoms with E-state index >= 15 is 0 Å². The van der Waals surface area contributed by atoms with Crippen LogP contribution < -0.4 is 15.8 Å². The highest BCUT2D eigenvalue weighted by atomic mass is 16.5. The number of hydrogen-bond donors (Lipinski definition) is 2. The standard InChI is InChI=1S/C17H28N2O/c1-6-9-20-14-10-12(7-8-13(14)18)19-11-15-16(2,3)17(15,4)5/h7-8,10,15,19H,6,9,11,18H2,1-5H3. The van der Waals surface area contributed by atoms with Crippen molar-refractivity contribution >= 4 is 11.4 Å². The lowest BCUT2D eigenvalue weighted by molar-refractivity contribution is 0.319. The van der Waals surface area contributed by atoms with Crippen molar-refractivity contribution in [3.05, 3.63) is 18.2 Å². The molecule has 0 spiro atoms. The molecule has 112 valence electrons. The Bertz CT molecular complexity index is 466. The number of anilines is 2. The molecule has 1 aliphatic carbocycles. The molecular formula is C17H28N2O. The third kappa shape index (κ3) is 2.58. The first-order chi connectivity index (χ1) is 9.30. The molecule has 0 heterocycles. The van der Waals surface area contributed by atoms with Crippen LogP contribution in [0.4, 0.5) is 11.4 Å². The van der Waals surface area contributed by atoms with Crippen molar-refractivity contribution in [3.8, 4) is 5.75 Å². The van der Waals surface area contributed by atoms with Gasteiger partial charge in [-0.15, -0.1) is 0 Å². The third-order valence-electron chi connectivity index (χ3n) is 5.31. The maximum atomic E-state index is 5.93. The van der Waals surface area contributed by atoms with E-state index in [0.717, 1.165) is 24.4 Å². The maximum absolute atomic E-state index is 5.93. The number of nitrogen functional groups attached to an aromatic ring is 1. The molecular weight excluding hydrogens is 248 g/mol. The van der Waals surface area contributed by atoms with Crippen LogP contribution in [-0.2, 0) is 0 Å². The summed E-state index contributed by atoms with van der Waals surface area (Å²) in [6.45, 7) is 13.2. The summed E-state index contributed by atoms with van der Waals surface area (Å²) in [5.74, 6) is 1.48. The Morgan fingerprint density at radius 1 is 1.20 bits per heavy atom. The highest BCUT2D eigenvalue weighted by molar-refractivity contribution is 5.61. The Morgan fingerprint density at radius 2 is 1.85 bits per heavy atom. The summed E-state index contributed by atoms with van der Waals surface area (Å²) in [4.78, 5) is 0. The highest BCUT2D eigenvalue weighted by Crippen LogP contribution is 2.68. The SMILES string of the molecule is CCCOc1cc(NCC2C(C)(C)C2(C)C)ccc1N. The van der Waals surface area contributed by atoms with E-state index in [4.69, 9.17) is 10.5 Å². The zero-order valence-corrected chi connectivity index (χ0v) is 13.4.